The molecule has 0 radical (unpaired) electrons. The minimum Gasteiger partial charge on any atom is -0.398 e. The van der Waals surface area contributed by atoms with Crippen molar-refractivity contribution in [2.75, 3.05) is 5.73 Å². The van der Waals surface area contributed by atoms with Gasteiger partial charge in [-0.05, 0) is 41.5 Å². The molecule has 2 aromatic rings. The fraction of sp³-hybridized carbons (Fsp3) is 0.133. The third-order valence-corrected chi connectivity index (χ3v) is 3.09. The van der Waals surface area contributed by atoms with Crippen LogP contribution in [0.2, 0.25) is 0 Å². The lowest BCUT2D eigenvalue weighted by atomic mass is 9.97. The Morgan fingerprint density at radius 3 is 1.74 bits per heavy atom. The topological polar surface area (TPSA) is 49.8 Å². The van der Waals surface area contributed by atoms with E-state index in [0.29, 0.717) is 12.1 Å². The fourth-order valence-corrected chi connectivity index (χ4v) is 1.95. The average Bonchev–Trinajstić information content (AvgIpc) is 2.45. The van der Waals surface area contributed by atoms with Crippen molar-refractivity contribution in [3.63, 3.8) is 0 Å². The minimum absolute atomic E-state index is 0.0338. The van der Waals surface area contributed by atoms with Crippen LogP contribution in [0.25, 0.3) is 11.1 Å². The molecule has 0 bridgehead atoms. The molecular formula is C15H8F6N2. The predicted octanol–water partition coefficient (Wildman–Crippen LogP) is 4.85. The first-order valence-electron chi connectivity index (χ1n) is 6.12. The third kappa shape index (κ3) is 3.56. The summed E-state index contributed by atoms with van der Waals surface area (Å²) in [6.07, 6.45) is -9.86. The Morgan fingerprint density at radius 2 is 1.30 bits per heavy atom. The van der Waals surface area contributed by atoms with Gasteiger partial charge in [-0.25, -0.2) is 0 Å². The number of nitrogens with two attached hydrogens (primary N) is 1. The SMILES string of the molecule is N#Cc1cc(-c2cc(C(F)(F)F)cc(C(F)(F)F)c2)ccc1N. The zero-order valence-electron chi connectivity index (χ0n) is 11.3. The molecule has 0 saturated carbocycles. The molecule has 2 rings (SSSR count). The van der Waals surface area contributed by atoms with Crippen LogP contribution in [-0.2, 0) is 12.4 Å². The first-order valence-corrected chi connectivity index (χ1v) is 6.12. The van der Waals surface area contributed by atoms with Crippen LogP contribution in [0.1, 0.15) is 16.7 Å². The minimum atomic E-state index is -4.93. The molecule has 0 aromatic heterocycles. The smallest absolute Gasteiger partial charge is 0.398 e. The van der Waals surface area contributed by atoms with E-state index in [1.165, 1.54) is 12.1 Å². The molecule has 2 N–H and O–H groups in total. The van der Waals surface area contributed by atoms with Gasteiger partial charge in [-0.1, -0.05) is 6.07 Å². The van der Waals surface area contributed by atoms with E-state index in [2.05, 4.69) is 0 Å². The predicted molar refractivity (Wildman–Crippen MR) is 71.0 cm³/mol. The number of anilines is 1. The lowest BCUT2D eigenvalue weighted by Gasteiger charge is -2.14. The van der Waals surface area contributed by atoms with Crippen molar-refractivity contribution in [2.24, 2.45) is 0 Å². The second-order valence-electron chi connectivity index (χ2n) is 4.71. The number of rotatable bonds is 1. The summed E-state index contributed by atoms with van der Waals surface area (Å²) >= 11 is 0. The zero-order valence-corrected chi connectivity index (χ0v) is 11.3. The largest absolute Gasteiger partial charge is 0.416 e. The second kappa shape index (κ2) is 5.50. The van der Waals surface area contributed by atoms with Crippen LogP contribution in [0.4, 0.5) is 32.0 Å². The highest BCUT2D eigenvalue weighted by Gasteiger charge is 2.37. The standard InChI is InChI=1S/C15H8F6N2/c16-14(17,18)11-4-9(5-12(6-11)15(19,20)21)8-1-2-13(23)10(3-8)7-22/h1-6H,23H2. The van der Waals surface area contributed by atoms with Crippen LogP contribution in [0.15, 0.2) is 36.4 Å². The summed E-state index contributed by atoms with van der Waals surface area (Å²) in [5, 5.41) is 8.87. The normalized spacial score (nSPS) is 12.0. The van der Waals surface area contributed by atoms with Crippen molar-refractivity contribution in [2.45, 2.75) is 12.4 Å². The number of hydrogen-bond acceptors (Lipinski definition) is 2. The van der Waals surface area contributed by atoms with Crippen molar-refractivity contribution in [3.05, 3.63) is 53.1 Å². The van der Waals surface area contributed by atoms with Gasteiger partial charge in [0.15, 0.2) is 0 Å². The number of nitrogens with zero attached hydrogens (tertiary/aromatic N) is 1. The van der Waals surface area contributed by atoms with Crippen molar-refractivity contribution >= 4 is 5.69 Å². The molecule has 0 aliphatic rings. The monoisotopic (exact) mass is 330 g/mol. The first-order chi connectivity index (χ1) is 10.5. The third-order valence-electron chi connectivity index (χ3n) is 3.09. The van der Waals surface area contributed by atoms with Crippen molar-refractivity contribution in [1.82, 2.24) is 0 Å². The van der Waals surface area contributed by atoms with Gasteiger partial charge in [0.05, 0.1) is 16.7 Å². The quantitative estimate of drug-likeness (QED) is 0.600. The molecule has 0 atom stereocenters. The lowest BCUT2D eigenvalue weighted by Crippen LogP contribution is -2.11. The van der Waals surface area contributed by atoms with Crippen LogP contribution in [-0.4, -0.2) is 0 Å². The second-order valence-corrected chi connectivity index (χ2v) is 4.71. The van der Waals surface area contributed by atoms with Crippen LogP contribution in [0.5, 0.6) is 0 Å². The molecule has 0 aliphatic carbocycles. The van der Waals surface area contributed by atoms with E-state index in [4.69, 9.17) is 11.0 Å². The molecular weight excluding hydrogens is 322 g/mol. The summed E-state index contributed by atoms with van der Waals surface area (Å²) in [6.45, 7) is 0. The van der Waals surface area contributed by atoms with Gasteiger partial charge in [0.25, 0.3) is 0 Å². The van der Waals surface area contributed by atoms with Gasteiger partial charge in [-0.15, -0.1) is 0 Å². The maximum absolute atomic E-state index is 12.8. The van der Waals surface area contributed by atoms with Crippen LogP contribution < -0.4 is 5.73 Å². The maximum Gasteiger partial charge on any atom is 0.416 e. The number of benzene rings is 2. The van der Waals surface area contributed by atoms with Crippen molar-refractivity contribution < 1.29 is 26.3 Å². The molecule has 0 spiro atoms. The number of nitrogen functional groups attached to an aromatic ring is 1. The average molecular weight is 330 g/mol. The van der Waals surface area contributed by atoms with E-state index in [1.807, 2.05) is 0 Å². The Kier molecular flexibility index (Phi) is 3.99. The van der Waals surface area contributed by atoms with Crippen LogP contribution in [0, 0.1) is 11.3 Å². The summed E-state index contributed by atoms with van der Waals surface area (Å²) in [7, 11) is 0. The van der Waals surface area contributed by atoms with Crippen LogP contribution in [0.3, 0.4) is 0 Å². The molecule has 120 valence electrons. The van der Waals surface area contributed by atoms with E-state index in [9.17, 15) is 26.3 Å². The Bertz CT molecular complexity index is 752. The van der Waals surface area contributed by atoms with E-state index < -0.39 is 23.5 Å². The molecule has 0 fully saturated rings. The van der Waals surface area contributed by atoms with Gasteiger partial charge >= 0.3 is 12.4 Å². The molecule has 2 aromatic carbocycles. The highest BCUT2D eigenvalue weighted by Crippen LogP contribution is 2.38. The Balaban J connectivity index is 2.70. The first kappa shape index (κ1) is 16.7. The summed E-state index contributed by atoms with van der Waals surface area (Å²) in [5.41, 5.74) is 2.44. The molecule has 0 heterocycles. The highest BCUT2D eigenvalue weighted by molar-refractivity contribution is 5.71. The Hall–Kier alpha value is -2.69. The summed E-state index contributed by atoms with van der Waals surface area (Å²) in [5.74, 6) is 0. The van der Waals surface area contributed by atoms with Crippen molar-refractivity contribution in [3.8, 4) is 17.2 Å². The highest BCUT2D eigenvalue weighted by atomic mass is 19.4. The number of alkyl halides is 6. The van der Waals surface area contributed by atoms with Crippen molar-refractivity contribution in [1.29, 1.82) is 5.26 Å². The number of hydrogen-bond donors (Lipinski definition) is 1. The van der Waals surface area contributed by atoms with E-state index in [0.717, 1.165) is 6.07 Å². The van der Waals surface area contributed by atoms with E-state index in [-0.39, 0.29) is 28.4 Å². The van der Waals surface area contributed by atoms with E-state index >= 15 is 0 Å². The summed E-state index contributed by atoms with van der Waals surface area (Å²) < 4.78 is 76.9. The zero-order chi connectivity index (χ0) is 17.4. The summed E-state index contributed by atoms with van der Waals surface area (Å²) in [4.78, 5) is 0. The molecule has 2 nitrogen and oxygen atoms in total. The fourth-order valence-electron chi connectivity index (χ4n) is 1.95. The van der Waals surface area contributed by atoms with Gasteiger partial charge in [-0.2, -0.15) is 31.6 Å². The van der Waals surface area contributed by atoms with Gasteiger partial charge in [0, 0.05) is 5.69 Å². The van der Waals surface area contributed by atoms with Gasteiger partial charge in [0.1, 0.15) is 6.07 Å². The van der Waals surface area contributed by atoms with E-state index in [1.54, 1.807) is 6.07 Å². The molecule has 0 unspecified atom stereocenters. The number of halogens is 6. The summed E-state index contributed by atoms with van der Waals surface area (Å²) in [6, 6.07) is 6.62. The molecule has 8 heteroatoms. The van der Waals surface area contributed by atoms with Gasteiger partial charge < -0.3 is 5.73 Å². The Morgan fingerprint density at radius 1 is 0.783 bits per heavy atom. The lowest BCUT2D eigenvalue weighted by molar-refractivity contribution is -0.143. The number of nitriles is 1. The Labute approximate surface area is 126 Å². The molecule has 0 amide bonds. The molecule has 23 heavy (non-hydrogen) atoms. The van der Waals surface area contributed by atoms with Gasteiger partial charge in [0.2, 0.25) is 0 Å². The van der Waals surface area contributed by atoms with Gasteiger partial charge in [-0.3, -0.25) is 0 Å². The maximum atomic E-state index is 12.8. The molecule has 0 saturated heterocycles. The van der Waals surface area contributed by atoms with Crippen LogP contribution >= 0.6 is 0 Å². The molecule has 0 aliphatic heterocycles.